The molecule has 1 aliphatic rings. The summed E-state index contributed by atoms with van der Waals surface area (Å²) in [6, 6.07) is 0. The fraction of sp³-hybridized carbons (Fsp3) is 0.727. The maximum Gasteiger partial charge on any atom is 0.187 e. The molecule has 1 aromatic heterocycles. The molecule has 0 atom stereocenters. The van der Waals surface area contributed by atoms with E-state index >= 15 is 0 Å². The second kappa shape index (κ2) is 6.70. The predicted molar refractivity (Wildman–Crippen MR) is 77.9 cm³/mol. The highest BCUT2D eigenvalue weighted by Gasteiger charge is 2.40. The molecule has 1 aromatic rings. The number of nitrogens with two attached hydrogens (primary N) is 1. The Hall–Kier alpha value is -0.900. The van der Waals surface area contributed by atoms with E-state index in [0.717, 1.165) is 11.5 Å². The number of sulfone groups is 1. The fourth-order valence-corrected chi connectivity index (χ4v) is 4.62. The summed E-state index contributed by atoms with van der Waals surface area (Å²) in [6.07, 6.45) is 1.41. The smallest absolute Gasteiger partial charge is 0.187 e. The van der Waals surface area contributed by atoms with Crippen LogP contribution in [0.3, 0.4) is 0 Å². The zero-order chi connectivity index (χ0) is 14.6. The predicted octanol–water partition coefficient (Wildman–Crippen LogP) is 0.736. The highest BCUT2D eigenvalue weighted by molar-refractivity contribution is 7.92. The topological polar surface area (TPSA) is 104 Å². The third-order valence-electron chi connectivity index (χ3n) is 2.89. The number of ether oxygens (including phenoxy) is 2. The first-order valence-electron chi connectivity index (χ1n) is 6.37. The van der Waals surface area contributed by atoms with Crippen LogP contribution in [-0.2, 0) is 19.3 Å². The molecule has 0 radical (unpaired) electrons. The molecular weight excluding hydrogens is 302 g/mol. The van der Waals surface area contributed by atoms with E-state index in [-0.39, 0.29) is 16.0 Å². The van der Waals surface area contributed by atoms with E-state index in [2.05, 4.69) is 9.69 Å². The molecule has 7 nitrogen and oxygen atoms in total. The van der Waals surface area contributed by atoms with Gasteiger partial charge in [-0.05, 0) is 24.4 Å². The molecule has 0 spiro atoms. The average Bonchev–Trinajstić information content (AvgIpc) is 3.19. The van der Waals surface area contributed by atoms with E-state index in [1.165, 1.54) is 0 Å². The van der Waals surface area contributed by atoms with E-state index in [9.17, 15) is 8.42 Å². The first-order valence-corrected chi connectivity index (χ1v) is 8.69. The Morgan fingerprint density at radius 3 is 2.80 bits per heavy atom. The first kappa shape index (κ1) is 15.5. The molecule has 9 heteroatoms. The average molecular weight is 321 g/mol. The van der Waals surface area contributed by atoms with Gasteiger partial charge in [0, 0.05) is 13.7 Å². The minimum absolute atomic E-state index is 0.0877. The zero-order valence-electron chi connectivity index (χ0n) is 11.3. The van der Waals surface area contributed by atoms with Crippen LogP contribution in [0, 0.1) is 0 Å². The van der Waals surface area contributed by atoms with Gasteiger partial charge in [0.1, 0.15) is 9.90 Å². The summed E-state index contributed by atoms with van der Waals surface area (Å²) < 4.78 is 38.6. The van der Waals surface area contributed by atoms with Crippen molar-refractivity contribution >= 4 is 32.2 Å². The second-order valence-corrected chi connectivity index (χ2v) is 7.44. The number of nitrogens with zero attached hydrogens (tertiary/aromatic N) is 1. The lowest BCUT2D eigenvalue weighted by atomic mass is 10.5. The van der Waals surface area contributed by atoms with Crippen molar-refractivity contribution in [3.05, 3.63) is 0 Å². The molecular formula is C11H19N3O4S2. The molecule has 0 saturated heterocycles. The zero-order valence-corrected chi connectivity index (χ0v) is 12.9. The van der Waals surface area contributed by atoms with Crippen LogP contribution in [0.5, 0.6) is 0 Å². The number of methoxy groups -OCH3 is 1. The first-order chi connectivity index (χ1) is 9.57. The Morgan fingerprint density at radius 2 is 2.15 bits per heavy atom. The molecule has 1 fully saturated rings. The fourth-order valence-electron chi connectivity index (χ4n) is 1.71. The van der Waals surface area contributed by atoms with Crippen LogP contribution in [0.25, 0.3) is 0 Å². The van der Waals surface area contributed by atoms with Gasteiger partial charge in [-0.3, -0.25) is 0 Å². The van der Waals surface area contributed by atoms with Gasteiger partial charge in [-0.15, -0.1) is 0 Å². The van der Waals surface area contributed by atoms with Gasteiger partial charge in [0.25, 0.3) is 0 Å². The van der Waals surface area contributed by atoms with Gasteiger partial charge in [0.05, 0.1) is 25.1 Å². The second-order valence-electron chi connectivity index (χ2n) is 4.50. The van der Waals surface area contributed by atoms with E-state index in [4.69, 9.17) is 15.2 Å². The lowest BCUT2D eigenvalue weighted by Gasteiger charge is -2.08. The van der Waals surface area contributed by atoms with Crippen molar-refractivity contribution in [2.24, 2.45) is 0 Å². The summed E-state index contributed by atoms with van der Waals surface area (Å²) in [5.74, 6) is 0.0877. The summed E-state index contributed by atoms with van der Waals surface area (Å²) in [5.41, 5.74) is 5.70. The molecule has 3 N–H and O–H groups in total. The number of hydrogen-bond donors (Lipinski definition) is 2. The van der Waals surface area contributed by atoms with Gasteiger partial charge in [0.15, 0.2) is 15.7 Å². The molecule has 114 valence electrons. The van der Waals surface area contributed by atoms with Crippen LogP contribution < -0.4 is 11.1 Å². The van der Waals surface area contributed by atoms with Gasteiger partial charge in [0.2, 0.25) is 0 Å². The van der Waals surface area contributed by atoms with Crippen molar-refractivity contribution in [2.45, 2.75) is 23.0 Å². The van der Waals surface area contributed by atoms with E-state index in [0.29, 0.717) is 44.2 Å². The molecule has 0 aromatic carbocycles. The van der Waals surface area contributed by atoms with Crippen molar-refractivity contribution in [3.8, 4) is 0 Å². The maximum absolute atomic E-state index is 12.3. The lowest BCUT2D eigenvalue weighted by molar-refractivity contribution is 0.0759. The molecule has 1 aliphatic carbocycles. The number of hydrogen-bond acceptors (Lipinski definition) is 8. The summed E-state index contributed by atoms with van der Waals surface area (Å²) in [4.78, 5) is 0.155. The van der Waals surface area contributed by atoms with Crippen molar-refractivity contribution in [2.75, 3.05) is 44.5 Å². The van der Waals surface area contributed by atoms with Crippen molar-refractivity contribution < 1.29 is 17.9 Å². The van der Waals surface area contributed by atoms with Gasteiger partial charge in [-0.25, -0.2) is 8.42 Å². The van der Waals surface area contributed by atoms with Crippen LogP contribution in [-0.4, -0.2) is 51.5 Å². The molecule has 2 rings (SSSR count). The van der Waals surface area contributed by atoms with Crippen LogP contribution in [0.2, 0.25) is 0 Å². The Bertz CT molecular complexity index is 540. The van der Waals surface area contributed by atoms with E-state index in [1.807, 2.05) is 0 Å². The highest BCUT2D eigenvalue weighted by atomic mass is 32.2. The Balaban J connectivity index is 1.92. The van der Waals surface area contributed by atoms with Gasteiger partial charge in [-0.2, -0.15) is 4.37 Å². The van der Waals surface area contributed by atoms with Gasteiger partial charge >= 0.3 is 0 Å². The van der Waals surface area contributed by atoms with E-state index in [1.54, 1.807) is 7.11 Å². The van der Waals surface area contributed by atoms with Gasteiger partial charge < -0.3 is 20.5 Å². The minimum Gasteiger partial charge on any atom is -0.382 e. The third-order valence-corrected chi connectivity index (χ3v) is 6.17. The normalized spacial score (nSPS) is 15.4. The number of nitrogens with one attached hydrogen (secondary N) is 1. The summed E-state index contributed by atoms with van der Waals surface area (Å²) in [6.45, 7) is 2.01. The summed E-state index contributed by atoms with van der Waals surface area (Å²) >= 11 is 1.07. The number of aromatic nitrogens is 1. The summed E-state index contributed by atoms with van der Waals surface area (Å²) in [5, 5.41) is 3.24. The third kappa shape index (κ3) is 3.60. The molecule has 0 unspecified atom stereocenters. The molecule has 0 bridgehead atoms. The molecule has 0 amide bonds. The van der Waals surface area contributed by atoms with Crippen LogP contribution in [0.4, 0.5) is 10.8 Å². The standard InChI is InChI=1S/C11H19N3O4S2/c1-17-6-7-18-5-4-13-11-9(10(12)14-19-11)20(15,16)8-2-3-8/h8,13H,2-7H2,1H3,(H2,12,14). The van der Waals surface area contributed by atoms with Crippen LogP contribution >= 0.6 is 11.5 Å². The lowest BCUT2D eigenvalue weighted by Crippen LogP contribution is -2.15. The van der Waals surface area contributed by atoms with Gasteiger partial charge in [-0.1, -0.05) is 0 Å². The molecule has 20 heavy (non-hydrogen) atoms. The monoisotopic (exact) mass is 321 g/mol. The molecule has 0 aliphatic heterocycles. The quantitative estimate of drug-likeness (QED) is 0.646. The van der Waals surface area contributed by atoms with Crippen molar-refractivity contribution in [1.29, 1.82) is 0 Å². The number of rotatable bonds is 9. The Kier molecular flexibility index (Phi) is 5.19. The SMILES string of the molecule is COCCOCCNc1snc(N)c1S(=O)(=O)C1CC1. The van der Waals surface area contributed by atoms with Crippen LogP contribution in [0.1, 0.15) is 12.8 Å². The number of anilines is 2. The Labute approximate surface area is 122 Å². The molecule has 1 saturated carbocycles. The van der Waals surface area contributed by atoms with Crippen molar-refractivity contribution in [3.63, 3.8) is 0 Å². The maximum atomic E-state index is 12.3. The van der Waals surface area contributed by atoms with E-state index < -0.39 is 9.84 Å². The largest absolute Gasteiger partial charge is 0.382 e. The summed E-state index contributed by atoms with van der Waals surface area (Å²) in [7, 11) is -1.73. The highest BCUT2D eigenvalue weighted by Crippen LogP contribution is 2.40. The number of nitrogen functional groups attached to an aromatic ring is 1. The van der Waals surface area contributed by atoms with Crippen molar-refractivity contribution in [1.82, 2.24) is 4.37 Å². The molecule has 1 heterocycles. The van der Waals surface area contributed by atoms with Crippen LogP contribution in [0.15, 0.2) is 4.90 Å². The minimum atomic E-state index is -3.34. The Morgan fingerprint density at radius 1 is 1.40 bits per heavy atom.